The van der Waals surface area contributed by atoms with Gasteiger partial charge in [0.2, 0.25) is 0 Å². The van der Waals surface area contributed by atoms with Gasteiger partial charge in [0.05, 0.1) is 6.61 Å². The van der Waals surface area contributed by atoms with Gasteiger partial charge in [-0.25, -0.2) is 0 Å². The monoisotopic (exact) mass is 777 g/mol. The molecule has 0 amide bonds. The van der Waals surface area contributed by atoms with Gasteiger partial charge in [0, 0.05) is 19.4 Å². The van der Waals surface area contributed by atoms with Crippen LogP contribution in [0.1, 0.15) is 188 Å². The third-order valence-corrected chi connectivity index (χ3v) is 9.12. The van der Waals surface area contributed by atoms with Crippen LogP contribution in [0.15, 0.2) is 97.2 Å². The van der Waals surface area contributed by atoms with Crippen LogP contribution in [0.4, 0.5) is 0 Å². The number of esters is 2. The molecule has 0 spiro atoms. The number of carbonyl (C=O) groups excluding carboxylic acids is 2. The molecule has 56 heavy (non-hydrogen) atoms. The number of ether oxygens (including phenoxy) is 3. The van der Waals surface area contributed by atoms with Gasteiger partial charge in [-0.1, -0.05) is 182 Å². The third kappa shape index (κ3) is 43.5. The van der Waals surface area contributed by atoms with Gasteiger partial charge in [-0.05, 0) is 89.9 Å². The molecule has 0 heterocycles. The highest BCUT2D eigenvalue weighted by Gasteiger charge is 2.17. The topological polar surface area (TPSA) is 61.8 Å². The summed E-state index contributed by atoms with van der Waals surface area (Å²) >= 11 is 0. The first-order valence-electron chi connectivity index (χ1n) is 22.8. The zero-order chi connectivity index (χ0) is 40.7. The van der Waals surface area contributed by atoms with E-state index in [9.17, 15) is 9.59 Å². The molecule has 0 aromatic rings. The molecule has 0 aliphatic heterocycles. The summed E-state index contributed by atoms with van der Waals surface area (Å²) in [7, 11) is 0. The number of rotatable bonds is 40. The molecule has 0 N–H and O–H groups in total. The minimum atomic E-state index is -0.569. The van der Waals surface area contributed by atoms with Gasteiger partial charge >= 0.3 is 11.9 Å². The molecule has 0 radical (unpaired) electrons. The fourth-order valence-electron chi connectivity index (χ4n) is 5.79. The molecule has 5 nitrogen and oxygen atoms in total. The molecule has 5 heteroatoms. The van der Waals surface area contributed by atoms with Crippen LogP contribution in [0.2, 0.25) is 0 Å². The lowest BCUT2D eigenvalue weighted by atomic mass is 10.1. The highest BCUT2D eigenvalue weighted by molar-refractivity contribution is 5.70. The van der Waals surface area contributed by atoms with Gasteiger partial charge < -0.3 is 14.2 Å². The van der Waals surface area contributed by atoms with Gasteiger partial charge in [0.15, 0.2) is 6.10 Å². The molecular formula is C51H84O5. The lowest BCUT2D eigenvalue weighted by Crippen LogP contribution is -2.30. The molecule has 0 aromatic heterocycles. The maximum absolute atomic E-state index is 12.7. The van der Waals surface area contributed by atoms with Crippen molar-refractivity contribution in [2.24, 2.45) is 0 Å². The number of allylic oxidation sites excluding steroid dienone is 16. The van der Waals surface area contributed by atoms with Crippen LogP contribution in [0, 0.1) is 0 Å². The largest absolute Gasteiger partial charge is 0.462 e. The Morgan fingerprint density at radius 3 is 1.34 bits per heavy atom. The van der Waals surface area contributed by atoms with Crippen molar-refractivity contribution in [1.82, 2.24) is 0 Å². The average Bonchev–Trinajstić information content (AvgIpc) is 3.20. The van der Waals surface area contributed by atoms with Crippen molar-refractivity contribution in [2.75, 3.05) is 19.8 Å². The summed E-state index contributed by atoms with van der Waals surface area (Å²) in [6.45, 7) is 7.49. The van der Waals surface area contributed by atoms with Crippen LogP contribution in [0.3, 0.4) is 0 Å². The Balaban J connectivity index is 4.34. The number of carbonyl (C=O) groups is 2. The lowest BCUT2D eigenvalue weighted by Gasteiger charge is -2.18. The van der Waals surface area contributed by atoms with Crippen LogP contribution in [-0.4, -0.2) is 37.9 Å². The summed E-state index contributed by atoms with van der Waals surface area (Å²) in [6.07, 6.45) is 61.3. The maximum Gasteiger partial charge on any atom is 0.306 e. The van der Waals surface area contributed by atoms with E-state index < -0.39 is 6.10 Å². The molecule has 318 valence electrons. The molecule has 0 bridgehead atoms. The highest BCUT2D eigenvalue weighted by Crippen LogP contribution is 2.12. The van der Waals surface area contributed by atoms with Crippen molar-refractivity contribution in [2.45, 2.75) is 194 Å². The molecule has 1 atom stereocenters. The molecule has 0 saturated heterocycles. The van der Waals surface area contributed by atoms with E-state index in [1.807, 2.05) is 0 Å². The van der Waals surface area contributed by atoms with Gasteiger partial charge in [0.25, 0.3) is 0 Å². The zero-order valence-electron chi connectivity index (χ0n) is 36.4. The van der Waals surface area contributed by atoms with Gasteiger partial charge in [0.1, 0.15) is 6.61 Å². The van der Waals surface area contributed by atoms with Crippen LogP contribution in [0.25, 0.3) is 0 Å². The van der Waals surface area contributed by atoms with E-state index in [2.05, 4.69) is 118 Å². The molecule has 0 aromatic carbocycles. The van der Waals surface area contributed by atoms with Crippen molar-refractivity contribution >= 4 is 11.9 Å². The van der Waals surface area contributed by atoms with Gasteiger partial charge in [-0.3, -0.25) is 9.59 Å². The Hall–Kier alpha value is -3.18. The second-order valence-electron chi connectivity index (χ2n) is 14.5. The molecule has 1 unspecified atom stereocenters. The van der Waals surface area contributed by atoms with Gasteiger partial charge in [-0.2, -0.15) is 0 Å². The third-order valence-electron chi connectivity index (χ3n) is 9.12. The van der Waals surface area contributed by atoms with E-state index in [0.29, 0.717) is 19.4 Å². The lowest BCUT2D eigenvalue weighted by molar-refractivity contribution is -0.163. The summed E-state index contributed by atoms with van der Waals surface area (Å²) in [5.41, 5.74) is 0. The Kier molecular flexibility index (Phi) is 43.6. The Bertz CT molecular complexity index is 1110. The number of hydrogen-bond donors (Lipinski definition) is 0. The molecule has 0 fully saturated rings. The predicted molar refractivity (Wildman–Crippen MR) is 242 cm³/mol. The van der Waals surface area contributed by atoms with Crippen molar-refractivity contribution < 1.29 is 23.8 Å². The van der Waals surface area contributed by atoms with Crippen LogP contribution in [0.5, 0.6) is 0 Å². The Labute approximate surface area is 345 Å². The van der Waals surface area contributed by atoms with Crippen molar-refractivity contribution in [3.63, 3.8) is 0 Å². The summed E-state index contributed by atoms with van der Waals surface area (Å²) < 4.78 is 17.2. The molecule has 0 aliphatic carbocycles. The van der Waals surface area contributed by atoms with Crippen LogP contribution < -0.4 is 0 Å². The smallest absolute Gasteiger partial charge is 0.306 e. The van der Waals surface area contributed by atoms with Gasteiger partial charge in [-0.15, -0.1) is 0 Å². The number of unbranched alkanes of at least 4 members (excludes halogenated alkanes) is 13. The normalized spacial score (nSPS) is 13.1. The quantitative estimate of drug-likeness (QED) is 0.0352. The first kappa shape index (κ1) is 52.8. The van der Waals surface area contributed by atoms with E-state index in [4.69, 9.17) is 14.2 Å². The minimum absolute atomic E-state index is 0.0445. The SMILES string of the molecule is CC/C=C\C/C=C\C/C=C\C/C=C\C/C=C\CCCC(=O)OCC(COCCCCCCCCCC)OC(=O)CCCCCCC/C=C\C/C=C\C/C=C\CC. The van der Waals surface area contributed by atoms with E-state index >= 15 is 0 Å². The Morgan fingerprint density at radius 1 is 0.411 bits per heavy atom. The predicted octanol–water partition coefficient (Wildman–Crippen LogP) is 15.1. The number of hydrogen-bond acceptors (Lipinski definition) is 5. The van der Waals surface area contributed by atoms with Crippen LogP contribution in [-0.2, 0) is 23.8 Å². The van der Waals surface area contributed by atoms with E-state index in [1.165, 1.54) is 51.4 Å². The maximum atomic E-state index is 12.7. The summed E-state index contributed by atoms with van der Waals surface area (Å²) in [6, 6.07) is 0. The summed E-state index contributed by atoms with van der Waals surface area (Å²) in [4.78, 5) is 25.2. The zero-order valence-corrected chi connectivity index (χ0v) is 36.4. The van der Waals surface area contributed by atoms with Crippen LogP contribution >= 0.6 is 0 Å². The average molecular weight is 777 g/mol. The van der Waals surface area contributed by atoms with E-state index in [0.717, 1.165) is 103 Å². The van der Waals surface area contributed by atoms with Crippen molar-refractivity contribution in [1.29, 1.82) is 0 Å². The molecule has 0 rings (SSSR count). The van der Waals surface area contributed by atoms with Crippen molar-refractivity contribution in [3.05, 3.63) is 97.2 Å². The van der Waals surface area contributed by atoms with E-state index in [-0.39, 0.29) is 25.2 Å². The first-order chi connectivity index (χ1) is 27.6. The fraction of sp³-hybridized carbons (Fsp3) is 0.647. The fourth-order valence-corrected chi connectivity index (χ4v) is 5.79. The second-order valence-corrected chi connectivity index (χ2v) is 14.5. The minimum Gasteiger partial charge on any atom is -0.462 e. The van der Waals surface area contributed by atoms with Crippen molar-refractivity contribution in [3.8, 4) is 0 Å². The molecule has 0 aliphatic rings. The molecular weight excluding hydrogens is 693 g/mol. The Morgan fingerprint density at radius 2 is 0.821 bits per heavy atom. The first-order valence-corrected chi connectivity index (χ1v) is 22.8. The highest BCUT2D eigenvalue weighted by atomic mass is 16.6. The molecule has 0 saturated carbocycles. The summed E-state index contributed by atoms with van der Waals surface area (Å²) in [5.74, 6) is -0.492. The summed E-state index contributed by atoms with van der Waals surface area (Å²) in [5, 5.41) is 0. The standard InChI is InChI=1S/C51H84O5/c1-4-7-10-13-16-19-21-23-25-26-28-29-31-33-35-38-41-44-50(52)55-48-49(47-54-46-43-40-37-18-15-12-9-6-3)56-51(53)45-42-39-36-34-32-30-27-24-22-20-17-14-11-8-5-2/h7-8,10-11,16-17,19-20,23-25,27-29,33,35,49H,4-6,9,12-15,18,21-22,26,30-32,34,36-48H2,1-3H3/b10-7-,11-8-,19-16-,20-17-,25-23-,27-24-,29-28-,35-33-. The van der Waals surface area contributed by atoms with E-state index in [1.54, 1.807) is 0 Å². The second kappa shape index (κ2) is 46.2.